The predicted molar refractivity (Wildman–Crippen MR) is 107 cm³/mol. The van der Waals surface area contributed by atoms with E-state index < -0.39 is 0 Å². The smallest absolute Gasteiger partial charge is 0.259 e. The number of carbonyl (C=O) groups excluding carboxylic acids is 1. The second kappa shape index (κ2) is 6.99. The molecule has 5 rings (SSSR count). The van der Waals surface area contributed by atoms with Gasteiger partial charge in [-0.15, -0.1) is 0 Å². The van der Waals surface area contributed by atoms with Crippen LogP contribution in [0.2, 0.25) is 0 Å². The van der Waals surface area contributed by atoms with Crippen molar-refractivity contribution in [2.45, 2.75) is 46.1 Å². The molecule has 29 heavy (non-hydrogen) atoms. The number of ether oxygens (including phenoxy) is 1. The summed E-state index contributed by atoms with van der Waals surface area (Å²) in [5.41, 5.74) is 3.22. The number of carbonyl (C=O) groups is 1. The second-order valence-corrected chi connectivity index (χ2v) is 8.25. The standard InChI is InChI=1S/C22H25N3O4/c1-12-8-17(14(3)28-12)19-9-18(20-13(2)24-29-21(20)23-19)22(26)25(16-4-5-16)10-15-6-7-27-11-15/h8-9,15-16H,4-7,10-11H2,1-3H3. The minimum atomic E-state index is 0.0252. The Bertz CT molecular complexity index is 1070. The third-order valence-corrected chi connectivity index (χ3v) is 5.89. The highest BCUT2D eigenvalue weighted by Gasteiger charge is 2.36. The first-order valence-electron chi connectivity index (χ1n) is 10.2. The molecule has 3 aromatic heterocycles. The van der Waals surface area contributed by atoms with Crippen molar-refractivity contribution in [2.75, 3.05) is 19.8 Å². The molecule has 3 aromatic rings. The Morgan fingerprint density at radius 2 is 2.03 bits per heavy atom. The van der Waals surface area contributed by atoms with Crippen molar-refractivity contribution in [1.82, 2.24) is 15.0 Å². The van der Waals surface area contributed by atoms with Crippen molar-refractivity contribution in [3.63, 3.8) is 0 Å². The summed E-state index contributed by atoms with van der Waals surface area (Å²) in [5, 5.41) is 4.77. The zero-order valence-corrected chi connectivity index (χ0v) is 17.0. The molecule has 1 atom stereocenters. The van der Waals surface area contributed by atoms with Gasteiger partial charge in [0.05, 0.1) is 28.9 Å². The van der Waals surface area contributed by atoms with Gasteiger partial charge in [0.25, 0.3) is 11.6 Å². The normalized spacial score (nSPS) is 19.2. The van der Waals surface area contributed by atoms with Crippen molar-refractivity contribution in [1.29, 1.82) is 0 Å². The molecule has 7 nitrogen and oxygen atoms in total. The van der Waals surface area contributed by atoms with Gasteiger partial charge in [-0.3, -0.25) is 4.79 Å². The van der Waals surface area contributed by atoms with Gasteiger partial charge < -0.3 is 18.6 Å². The van der Waals surface area contributed by atoms with E-state index in [1.165, 1.54) is 0 Å². The van der Waals surface area contributed by atoms with Gasteiger partial charge in [-0.25, -0.2) is 4.98 Å². The molecule has 0 bridgehead atoms. The van der Waals surface area contributed by atoms with Crippen molar-refractivity contribution in [2.24, 2.45) is 5.92 Å². The van der Waals surface area contributed by atoms with E-state index in [4.69, 9.17) is 13.7 Å². The average molecular weight is 395 g/mol. The van der Waals surface area contributed by atoms with E-state index in [1.807, 2.05) is 37.8 Å². The molecular weight excluding hydrogens is 370 g/mol. The van der Waals surface area contributed by atoms with Crippen LogP contribution in [0.15, 0.2) is 21.1 Å². The minimum Gasteiger partial charge on any atom is -0.466 e. The lowest BCUT2D eigenvalue weighted by Gasteiger charge is -2.25. The van der Waals surface area contributed by atoms with Crippen molar-refractivity contribution in [3.8, 4) is 11.3 Å². The summed E-state index contributed by atoms with van der Waals surface area (Å²) in [7, 11) is 0. The van der Waals surface area contributed by atoms with Crippen LogP contribution in [0, 0.1) is 26.7 Å². The fourth-order valence-electron chi connectivity index (χ4n) is 4.23. The Morgan fingerprint density at radius 3 is 2.69 bits per heavy atom. The lowest BCUT2D eigenvalue weighted by atomic mass is 10.0. The zero-order valence-electron chi connectivity index (χ0n) is 17.0. The number of hydrogen-bond acceptors (Lipinski definition) is 6. The summed E-state index contributed by atoms with van der Waals surface area (Å²) < 4.78 is 16.7. The number of fused-ring (bicyclic) bond motifs is 1. The highest BCUT2D eigenvalue weighted by atomic mass is 16.5. The first kappa shape index (κ1) is 18.4. The molecule has 0 spiro atoms. The van der Waals surface area contributed by atoms with Gasteiger partial charge >= 0.3 is 0 Å². The molecule has 152 valence electrons. The number of nitrogens with zero attached hydrogens (tertiary/aromatic N) is 3. The molecule has 0 radical (unpaired) electrons. The van der Waals surface area contributed by atoms with Crippen molar-refractivity contribution in [3.05, 3.63) is 34.9 Å². The van der Waals surface area contributed by atoms with E-state index in [2.05, 4.69) is 10.1 Å². The molecule has 0 N–H and O–H groups in total. The SMILES string of the molecule is Cc1cc(-c2cc(C(=O)N(CC3CCOC3)C3CC3)c3c(C)noc3n2)c(C)o1. The number of aryl methyl sites for hydroxylation is 3. The summed E-state index contributed by atoms with van der Waals surface area (Å²) in [4.78, 5) is 20.4. The number of furan rings is 1. The first-order valence-corrected chi connectivity index (χ1v) is 10.2. The molecule has 7 heteroatoms. The molecule has 2 fully saturated rings. The molecule has 1 saturated heterocycles. The third-order valence-electron chi connectivity index (χ3n) is 5.89. The van der Waals surface area contributed by atoms with Crippen LogP contribution in [-0.2, 0) is 4.74 Å². The van der Waals surface area contributed by atoms with E-state index in [0.29, 0.717) is 40.0 Å². The monoisotopic (exact) mass is 395 g/mol. The van der Waals surface area contributed by atoms with Gasteiger partial charge in [0, 0.05) is 30.7 Å². The molecule has 1 aliphatic heterocycles. The molecule has 0 aromatic carbocycles. The highest BCUT2D eigenvalue weighted by Crippen LogP contribution is 2.34. The van der Waals surface area contributed by atoms with Crippen molar-refractivity contribution < 1.29 is 18.5 Å². The van der Waals surface area contributed by atoms with Gasteiger partial charge in [0.1, 0.15) is 11.5 Å². The van der Waals surface area contributed by atoms with Gasteiger partial charge in [-0.05, 0) is 52.2 Å². The number of aromatic nitrogens is 2. The lowest BCUT2D eigenvalue weighted by Crippen LogP contribution is -2.37. The van der Waals surface area contributed by atoms with Gasteiger partial charge in [-0.2, -0.15) is 0 Å². The zero-order chi connectivity index (χ0) is 20.1. The van der Waals surface area contributed by atoms with Crippen LogP contribution in [0.4, 0.5) is 0 Å². The van der Waals surface area contributed by atoms with Crippen LogP contribution in [0.25, 0.3) is 22.4 Å². The van der Waals surface area contributed by atoms with Crippen LogP contribution in [-0.4, -0.2) is 46.7 Å². The van der Waals surface area contributed by atoms with Crippen LogP contribution < -0.4 is 0 Å². The largest absolute Gasteiger partial charge is 0.466 e. The Kier molecular flexibility index (Phi) is 4.42. The van der Waals surface area contributed by atoms with Crippen LogP contribution >= 0.6 is 0 Å². The molecule has 1 aliphatic carbocycles. The Balaban J connectivity index is 1.59. The molecule has 4 heterocycles. The number of hydrogen-bond donors (Lipinski definition) is 0. The van der Waals surface area contributed by atoms with Crippen LogP contribution in [0.1, 0.15) is 46.8 Å². The van der Waals surface area contributed by atoms with Crippen LogP contribution in [0.5, 0.6) is 0 Å². The lowest BCUT2D eigenvalue weighted by molar-refractivity contribution is 0.0708. The first-order chi connectivity index (χ1) is 14.0. The predicted octanol–water partition coefficient (Wildman–Crippen LogP) is 4.05. The quantitative estimate of drug-likeness (QED) is 0.648. The van der Waals surface area contributed by atoms with Gasteiger partial charge in [0.15, 0.2) is 0 Å². The maximum Gasteiger partial charge on any atom is 0.259 e. The van der Waals surface area contributed by atoms with E-state index in [9.17, 15) is 4.79 Å². The summed E-state index contributed by atoms with van der Waals surface area (Å²) in [6.45, 7) is 7.90. The summed E-state index contributed by atoms with van der Waals surface area (Å²) in [5.74, 6) is 2.00. The molecule has 2 aliphatic rings. The van der Waals surface area contributed by atoms with Gasteiger partial charge in [0.2, 0.25) is 0 Å². The van der Waals surface area contributed by atoms with E-state index in [-0.39, 0.29) is 5.91 Å². The minimum absolute atomic E-state index is 0.0252. The molecule has 1 unspecified atom stereocenters. The van der Waals surface area contributed by atoms with Crippen molar-refractivity contribution >= 4 is 17.0 Å². The van der Waals surface area contributed by atoms with E-state index >= 15 is 0 Å². The number of pyridine rings is 1. The summed E-state index contributed by atoms with van der Waals surface area (Å²) in [6.07, 6.45) is 3.12. The topological polar surface area (TPSA) is 81.6 Å². The van der Waals surface area contributed by atoms with E-state index in [0.717, 1.165) is 56.1 Å². The van der Waals surface area contributed by atoms with Crippen LogP contribution in [0.3, 0.4) is 0 Å². The Morgan fingerprint density at radius 1 is 1.21 bits per heavy atom. The summed E-state index contributed by atoms with van der Waals surface area (Å²) >= 11 is 0. The molecule has 1 amide bonds. The Labute approximate surface area is 169 Å². The highest BCUT2D eigenvalue weighted by molar-refractivity contribution is 6.07. The summed E-state index contributed by atoms with van der Waals surface area (Å²) in [6, 6.07) is 4.12. The van der Waals surface area contributed by atoms with E-state index in [1.54, 1.807) is 0 Å². The average Bonchev–Trinajstić information content (AvgIpc) is 3.10. The molecule has 1 saturated carbocycles. The van der Waals surface area contributed by atoms with Gasteiger partial charge in [-0.1, -0.05) is 5.16 Å². The molecular formula is C22H25N3O4. The maximum absolute atomic E-state index is 13.7. The fraction of sp³-hybridized carbons (Fsp3) is 0.500. The second-order valence-electron chi connectivity index (χ2n) is 8.25. The number of amides is 1. The maximum atomic E-state index is 13.7. The Hall–Kier alpha value is -2.67. The number of rotatable bonds is 5. The fourth-order valence-corrected chi connectivity index (χ4v) is 4.23. The third kappa shape index (κ3) is 3.33.